The van der Waals surface area contributed by atoms with Crippen LogP contribution in [0, 0.1) is 17.3 Å². The van der Waals surface area contributed by atoms with Gasteiger partial charge in [0.2, 0.25) is 5.91 Å². The van der Waals surface area contributed by atoms with E-state index in [1.807, 2.05) is 30.3 Å². The Bertz CT molecular complexity index is 1100. The molecule has 1 aliphatic heterocycles. The molecule has 0 radical (unpaired) electrons. The molecule has 4 atom stereocenters. The lowest BCUT2D eigenvalue weighted by atomic mass is 9.72. The van der Waals surface area contributed by atoms with E-state index in [-0.39, 0.29) is 23.8 Å². The van der Waals surface area contributed by atoms with Crippen LogP contribution in [0.15, 0.2) is 42.6 Å². The summed E-state index contributed by atoms with van der Waals surface area (Å²) in [6.45, 7) is 6.58. The molecule has 2 heterocycles. The second-order valence-corrected chi connectivity index (χ2v) is 11.8. The Labute approximate surface area is 224 Å². The largest absolute Gasteiger partial charge is 0.496 e. The molecule has 2 N–H and O–H groups in total. The van der Waals surface area contributed by atoms with Crippen molar-refractivity contribution >= 4 is 23.5 Å². The van der Waals surface area contributed by atoms with E-state index in [0.717, 1.165) is 37.7 Å². The van der Waals surface area contributed by atoms with Crippen LogP contribution in [0.2, 0.25) is 5.02 Å². The summed E-state index contributed by atoms with van der Waals surface area (Å²) in [5, 5.41) is 14.8. The first-order chi connectivity index (χ1) is 17.6. The molecule has 1 saturated heterocycles. The molecule has 1 saturated carbocycles. The molecule has 2 aromatic rings. The second-order valence-electron chi connectivity index (χ2n) is 11.3. The van der Waals surface area contributed by atoms with Crippen LogP contribution in [0.3, 0.4) is 0 Å². The number of amides is 1. The van der Waals surface area contributed by atoms with Gasteiger partial charge in [-0.1, -0.05) is 63.8 Å². The summed E-state index contributed by atoms with van der Waals surface area (Å²) in [4.78, 5) is 33.3. The molecule has 1 aromatic carbocycles. The maximum absolute atomic E-state index is 14.1. The Balaban J connectivity index is 1.79. The van der Waals surface area contributed by atoms with Crippen molar-refractivity contribution in [3.63, 3.8) is 0 Å². The van der Waals surface area contributed by atoms with E-state index < -0.39 is 23.5 Å². The topological polar surface area (TPSA) is 91.8 Å². The Morgan fingerprint density at radius 1 is 1.16 bits per heavy atom. The van der Waals surface area contributed by atoms with Gasteiger partial charge in [0.15, 0.2) is 0 Å². The molecule has 4 rings (SSSR count). The Morgan fingerprint density at radius 2 is 1.89 bits per heavy atom. The van der Waals surface area contributed by atoms with E-state index in [1.54, 1.807) is 24.3 Å². The van der Waals surface area contributed by atoms with Gasteiger partial charge in [0.1, 0.15) is 11.8 Å². The van der Waals surface area contributed by atoms with E-state index in [9.17, 15) is 14.7 Å². The van der Waals surface area contributed by atoms with Gasteiger partial charge in [-0.05, 0) is 42.5 Å². The number of methoxy groups -OCH3 is 1. The van der Waals surface area contributed by atoms with Crippen molar-refractivity contribution in [1.82, 2.24) is 15.2 Å². The highest BCUT2D eigenvalue weighted by Gasteiger charge is 2.58. The predicted octanol–water partition coefficient (Wildman–Crippen LogP) is 5.48. The third kappa shape index (κ3) is 5.78. The fourth-order valence-corrected chi connectivity index (χ4v) is 6.40. The van der Waals surface area contributed by atoms with Crippen LogP contribution in [0.4, 0.5) is 0 Å². The lowest BCUT2D eigenvalue weighted by molar-refractivity contribution is -0.154. The molecule has 37 heavy (non-hydrogen) atoms. The number of carboxylic acid groups (broad SMARTS) is 1. The van der Waals surface area contributed by atoms with E-state index in [1.165, 1.54) is 0 Å². The van der Waals surface area contributed by atoms with E-state index >= 15 is 0 Å². The number of nitrogens with zero attached hydrogens (tertiary/aromatic N) is 2. The fourth-order valence-electron chi connectivity index (χ4n) is 6.24. The highest BCUT2D eigenvalue weighted by atomic mass is 35.5. The Hall–Kier alpha value is -2.64. The van der Waals surface area contributed by atoms with Crippen LogP contribution in [0.5, 0.6) is 5.75 Å². The average molecular weight is 528 g/mol. The van der Waals surface area contributed by atoms with Crippen molar-refractivity contribution in [3.8, 4) is 5.75 Å². The van der Waals surface area contributed by atoms with Crippen molar-refractivity contribution in [2.75, 3.05) is 7.11 Å². The quantitative estimate of drug-likeness (QED) is 0.495. The zero-order chi connectivity index (χ0) is 26.7. The number of nitrogens with one attached hydrogen (secondary N) is 1. The fraction of sp³-hybridized carbons (Fsp3) is 0.552. The van der Waals surface area contributed by atoms with Crippen LogP contribution in [-0.4, -0.2) is 46.1 Å². The summed E-state index contributed by atoms with van der Waals surface area (Å²) < 4.78 is 5.55. The zero-order valence-corrected chi connectivity index (χ0v) is 22.9. The number of benzene rings is 1. The molecule has 4 unspecified atom stereocenters. The first kappa shape index (κ1) is 27.4. The smallest absolute Gasteiger partial charge is 0.326 e. The van der Waals surface area contributed by atoms with Gasteiger partial charge in [-0.25, -0.2) is 4.79 Å². The third-order valence-corrected chi connectivity index (χ3v) is 8.13. The van der Waals surface area contributed by atoms with Crippen LogP contribution < -0.4 is 10.1 Å². The van der Waals surface area contributed by atoms with Crippen molar-refractivity contribution in [3.05, 3.63) is 58.9 Å². The van der Waals surface area contributed by atoms with Crippen LogP contribution in [0.25, 0.3) is 0 Å². The van der Waals surface area contributed by atoms with Gasteiger partial charge in [-0.3, -0.25) is 9.78 Å². The number of rotatable bonds is 7. The molecule has 2 fully saturated rings. The summed E-state index contributed by atoms with van der Waals surface area (Å²) in [5.74, 6) is -0.895. The second kappa shape index (κ2) is 11.4. The number of ether oxygens (including phenoxy) is 1. The highest BCUT2D eigenvalue weighted by molar-refractivity contribution is 6.30. The Morgan fingerprint density at radius 3 is 2.49 bits per heavy atom. The summed E-state index contributed by atoms with van der Waals surface area (Å²) in [7, 11) is 1.60. The number of carboxylic acids is 1. The van der Waals surface area contributed by atoms with E-state index in [4.69, 9.17) is 16.3 Å². The Kier molecular flexibility index (Phi) is 8.44. The number of carbonyl (C=O) groups is 2. The first-order valence-electron chi connectivity index (χ1n) is 13.1. The maximum Gasteiger partial charge on any atom is 0.326 e. The first-order valence-corrected chi connectivity index (χ1v) is 13.5. The molecular weight excluding hydrogens is 490 g/mol. The SMILES string of the molecule is COc1cc(Cl)ccc1CNC1C(c2ccccn2)N(C(=O)C2CCCCC2)C(C(=O)O)C1C(C)(C)C. The van der Waals surface area contributed by atoms with Gasteiger partial charge in [-0.15, -0.1) is 0 Å². The summed E-state index contributed by atoms with van der Waals surface area (Å²) in [6, 6.07) is 9.29. The number of halogens is 1. The molecule has 7 nitrogen and oxygen atoms in total. The summed E-state index contributed by atoms with van der Waals surface area (Å²) in [6.07, 6.45) is 6.42. The number of pyridine rings is 1. The minimum Gasteiger partial charge on any atom is -0.496 e. The lowest BCUT2D eigenvalue weighted by Gasteiger charge is -2.36. The van der Waals surface area contributed by atoms with Gasteiger partial charge in [-0.2, -0.15) is 0 Å². The molecule has 2 aliphatic rings. The number of likely N-dealkylation sites (tertiary alicyclic amines) is 1. The molecule has 200 valence electrons. The molecule has 0 bridgehead atoms. The summed E-state index contributed by atoms with van der Waals surface area (Å²) >= 11 is 6.17. The van der Waals surface area contributed by atoms with Gasteiger partial charge in [0, 0.05) is 41.2 Å². The van der Waals surface area contributed by atoms with E-state index in [0.29, 0.717) is 23.0 Å². The van der Waals surface area contributed by atoms with Gasteiger partial charge < -0.3 is 20.1 Å². The van der Waals surface area contributed by atoms with Crippen molar-refractivity contribution in [1.29, 1.82) is 0 Å². The number of hydrogen-bond acceptors (Lipinski definition) is 5. The number of aliphatic carboxylic acids is 1. The number of hydrogen-bond donors (Lipinski definition) is 2. The highest BCUT2D eigenvalue weighted by Crippen LogP contribution is 2.49. The number of aromatic nitrogens is 1. The predicted molar refractivity (Wildman–Crippen MR) is 143 cm³/mol. The molecule has 1 aromatic heterocycles. The lowest BCUT2D eigenvalue weighted by Crippen LogP contribution is -2.49. The van der Waals surface area contributed by atoms with Crippen molar-refractivity contribution < 1.29 is 19.4 Å². The minimum atomic E-state index is -0.974. The van der Waals surface area contributed by atoms with Gasteiger partial charge in [0.05, 0.1) is 18.8 Å². The zero-order valence-electron chi connectivity index (χ0n) is 22.1. The van der Waals surface area contributed by atoms with Gasteiger partial charge >= 0.3 is 5.97 Å². The molecule has 1 amide bonds. The maximum atomic E-state index is 14.1. The van der Waals surface area contributed by atoms with Crippen molar-refractivity contribution in [2.45, 2.75) is 77.5 Å². The normalized spacial score (nSPS) is 24.7. The van der Waals surface area contributed by atoms with E-state index in [2.05, 4.69) is 31.1 Å². The third-order valence-electron chi connectivity index (χ3n) is 7.90. The summed E-state index contributed by atoms with van der Waals surface area (Å²) in [5.41, 5.74) is 1.20. The van der Waals surface area contributed by atoms with Crippen LogP contribution in [-0.2, 0) is 16.1 Å². The van der Waals surface area contributed by atoms with Crippen molar-refractivity contribution in [2.24, 2.45) is 17.3 Å². The molecule has 8 heteroatoms. The molecular formula is C29H38ClN3O4. The average Bonchev–Trinajstić information content (AvgIpc) is 3.24. The van der Waals surface area contributed by atoms with Crippen LogP contribution >= 0.6 is 11.6 Å². The monoisotopic (exact) mass is 527 g/mol. The van der Waals surface area contributed by atoms with Crippen LogP contribution in [0.1, 0.15) is 70.2 Å². The number of carbonyl (C=O) groups excluding carboxylic acids is 1. The molecule has 1 aliphatic carbocycles. The standard InChI is InChI=1S/C29H38ClN3O4/c1-29(2,3)23-24(32-17-19-13-14-20(30)16-22(19)37-4)25(21-12-8-9-15-31-21)33(26(23)28(35)36)27(34)18-10-6-5-7-11-18/h8-9,12-16,18,23-26,32H,5-7,10-11,17H2,1-4H3,(H,35,36). The molecule has 0 spiro atoms. The minimum absolute atomic E-state index is 0.0645. The van der Waals surface area contributed by atoms with Gasteiger partial charge in [0.25, 0.3) is 0 Å².